The van der Waals surface area contributed by atoms with Gasteiger partial charge in [0.25, 0.3) is 0 Å². The van der Waals surface area contributed by atoms with E-state index < -0.39 is 0 Å². The Bertz CT molecular complexity index is 463. The van der Waals surface area contributed by atoms with Crippen LogP contribution < -0.4 is 0 Å². The molecule has 2 aromatic rings. The van der Waals surface area contributed by atoms with Crippen LogP contribution in [0.25, 0.3) is 11.0 Å². The highest BCUT2D eigenvalue weighted by Gasteiger charge is 2.02. The Morgan fingerprint density at radius 1 is 1.62 bits per heavy atom. The molecule has 0 saturated heterocycles. The largest absolute Gasteiger partial charge is 0.411 e. The summed E-state index contributed by atoms with van der Waals surface area (Å²) in [6.07, 6.45) is 4.59. The third kappa shape index (κ3) is 1.36. The topological polar surface area (TPSA) is 61.3 Å². The Morgan fingerprint density at radius 3 is 3.23 bits per heavy atom. The lowest BCUT2D eigenvalue weighted by atomic mass is 10.2. The minimum absolute atomic E-state index is 0.555. The molecule has 2 rings (SSSR count). The third-order valence-electron chi connectivity index (χ3n) is 1.73. The minimum Gasteiger partial charge on any atom is -0.411 e. The first-order chi connectivity index (χ1) is 6.31. The summed E-state index contributed by atoms with van der Waals surface area (Å²) in [7, 11) is 0. The molecule has 2 N–H and O–H groups in total. The van der Waals surface area contributed by atoms with Crippen molar-refractivity contribution in [2.24, 2.45) is 5.16 Å². The van der Waals surface area contributed by atoms with Crippen LogP contribution in [0.15, 0.2) is 23.6 Å². The van der Waals surface area contributed by atoms with Gasteiger partial charge in [-0.3, -0.25) is 0 Å². The van der Waals surface area contributed by atoms with Crippen LogP contribution in [0, 0.1) is 0 Å². The molecule has 0 atom stereocenters. The van der Waals surface area contributed by atoms with Gasteiger partial charge < -0.3 is 10.2 Å². The Balaban J connectivity index is 2.71. The number of pyridine rings is 1. The van der Waals surface area contributed by atoms with Crippen LogP contribution in [0.4, 0.5) is 0 Å². The van der Waals surface area contributed by atoms with Gasteiger partial charge in [0.05, 0.1) is 11.2 Å². The first-order valence-electron chi connectivity index (χ1n) is 3.61. The van der Waals surface area contributed by atoms with Gasteiger partial charge in [-0.15, -0.1) is 0 Å². The van der Waals surface area contributed by atoms with Crippen molar-refractivity contribution in [3.05, 3.63) is 29.0 Å². The van der Waals surface area contributed by atoms with Gasteiger partial charge in [0, 0.05) is 23.3 Å². The summed E-state index contributed by atoms with van der Waals surface area (Å²) in [5, 5.41) is 12.7. The molecule has 5 heteroatoms. The normalized spacial score (nSPS) is 11.5. The summed E-state index contributed by atoms with van der Waals surface area (Å²) >= 11 is 5.76. The quantitative estimate of drug-likeness (QED) is 0.416. The number of aromatic nitrogens is 2. The maximum Gasteiger partial charge on any atom is 0.138 e. The number of nitrogens with one attached hydrogen (secondary N) is 1. The molecule has 0 bridgehead atoms. The molecule has 0 spiro atoms. The molecule has 0 aliphatic carbocycles. The van der Waals surface area contributed by atoms with Crippen LogP contribution >= 0.6 is 11.6 Å². The summed E-state index contributed by atoms with van der Waals surface area (Å²) in [5.74, 6) is 0. The lowest BCUT2D eigenvalue weighted by Crippen LogP contribution is -1.78. The van der Waals surface area contributed by atoms with Crippen LogP contribution in [-0.4, -0.2) is 21.4 Å². The standard InChI is InChI=1S/C8H6ClN3O/c9-6-1-7-5(3-12-13)2-10-8(7)11-4-6/h1-4,13H,(H,10,11)/b12-3+. The van der Waals surface area contributed by atoms with Crippen molar-refractivity contribution >= 4 is 28.8 Å². The second kappa shape index (κ2) is 3.06. The minimum atomic E-state index is 0.555. The Kier molecular flexibility index (Phi) is 1.90. The number of aromatic amines is 1. The van der Waals surface area contributed by atoms with E-state index in [0.29, 0.717) is 5.02 Å². The zero-order chi connectivity index (χ0) is 9.26. The van der Waals surface area contributed by atoms with E-state index in [1.165, 1.54) is 6.21 Å². The fourth-order valence-electron chi connectivity index (χ4n) is 1.17. The number of H-pyrrole nitrogens is 1. The molecule has 66 valence electrons. The molecule has 0 saturated carbocycles. The predicted molar refractivity (Wildman–Crippen MR) is 50.5 cm³/mol. The van der Waals surface area contributed by atoms with E-state index in [9.17, 15) is 0 Å². The molecular weight excluding hydrogens is 190 g/mol. The predicted octanol–water partition coefficient (Wildman–Crippen LogP) is 2.02. The average Bonchev–Trinajstić information content (AvgIpc) is 2.49. The highest BCUT2D eigenvalue weighted by atomic mass is 35.5. The zero-order valence-electron chi connectivity index (χ0n) is 6.53. The molecule has 13 heavy (non-hydrogen) atoms. The van der Waals surface area contributed by atoms with E-state index in [4.69, 9.17) is 16.8 Å². The van der Waals surface area contributed by atoms with E-state index in [-0.39, 0.29) is 0 Å². The van der Waals surface area contributed by atoms with Crippen molar-refractivity contribution in [2.45, 2.75) is 0 Å². The van der Waals surface area contributed by atoms with Crippen molar-refractivity contribution in [3.63, 3.8) is 0 Å². The van der Waals surface area contributed by atoms with Gasteiger partial charge in [0.2, 0.25) is 0 Å². The van der Waals surface area contributed by atoms with E-state index in [2.05, 4.69) is 15.1 Å². The van der Waals surface area contributed by atoms with Crippen molar-refractivity contribution in [1.29, 1.82) is 0 Å². The van der Waals surface area contributed by atoms with Crippen molar-refractivity contribution < 1.29 is 5.21 Å². The Hall–Kier alpha value is -1.55. The van der Waals surface area contributed by atoms with Gasteiger partial charge in [-0.1, -0.05) is 16.8 Å². The lowest BCUT2D eigenvalue weighted by molar-refractivity contribution is 0.322. The highest BCUT2D eigenvalue weighted by Crippen LogP contribution is 2.18. The first-order valence-corrected chi connectivity index (χ1v) is 3.99. The SMILES string of the molecule is O/N=C/c1c[nH]c2ncc(Cl)cc12. The van der Waals surface area contributed by atoms with Crippen molar-refractivity contribution in [2.75, 3.05) is 0 Å². The smallest absolute Gasteiger partial charge is 0.138 e. The maximum atomic E-state index is 8.37. The summed E-state index contributed by atoms with van der Waals surface area (Å²) < 4.78 is 0. The summed E-state index contributed by atoms with van der Waals surface area (Å²) in [5.41, 5.74) is 1.48. The van der Waals surface area contributed by atoms with Gasteiger partial charge in [0.1, 0.15) is 5.65 Å². The van der Waals surface area contributed by atoms with Gasteiger partial charge in [0.15, 0.2) is 0 Å². The van der Waals surface area contributed by atoms with Gasteiger partial charge in [-0.05, 0) is 6.07 Å². The van der Waals surface area contributed by atoms with E-state index in [1.54, 1.807) is 18.5 Å². The number of nitrogens with zero attached hydrogens (tertiary/aromatic N) is 2. The summed E-state index contributed by atoms with van der Waals surface area (Å²) in [6.45, 7) is 0. The fraction of sp³-hybridized carbons (Fsp3) is 0. The first kappa shape index (κ1) is 8.07. The van der Waals surface area contributed by atoms with Crippen LogP contribution in [0.3, 0.4) is 0 Å². The number of hydrogen-bond donors (Lipinski definition) is 2. The van der Waals surface area contributed by atoms with E-state index >= 15 is 0 Å². The fourth-order valence-corrected chi connectivity index (χ4v) is 1.33. The van der Waals surface area contributed by atoms with Gasteiger partial charge in [-0.25, -0.2) is 4.98 Å². The summed E-state index contributed by atoms with van der Waals surface area (Å²) in [6, 6.07) is 1.76. The van der Waals surface area contributed by atoms with Gasteiger partial charge >= 0.3 is 0 Å². The second-order valence-corrected chi connectivity index (χ2v) is 2.97. The maximum absolute atomic E-state index is 8.37. The van der Waals surface area contributed by atoms with Crippen LogP contribution in [0.5, 0.6) is 0 Å². The number of oxime groups is 1. The molecule has 4 nitrogen and oxygen atoms in total. The van der Waals surface area contributed by atoms with E-state index in [0.717, 1.165) is 16.6 Å². The summed E-state index contributed by atoms with van der Waals surface area (Å²) in [4.78, 5) is 6.98. The number of hydrogen-bond acceptors (Lipinski definition) is 3. The molecule has 0 aliphatic rings. The molecule has 0 amide bonds. The van der Waals surface area contributed by atoms with Crippen LogP contribution in [-0.2, 0) is 0 Å². The molecule has 2 aromatic heterocycles. The van der Waals surface area contributed by atoms with Crippen molar-refractivity contribution in [3.8, 4) is 0 Å². The van der Waals surface area contributed by atoms with Crippen molar-refractivity contribution in [1.82, 2.24) is 9.97 Å². The number of fused-ring (bicyclic) bond motifs is 1. The highest BCUT2D eigenvalue weighted by molar-refractivity contribution is 6.31. The molecular formula is C8H6ClN3O. The molecule has 0 aromatic carbocycles. The lowest BCUT2D eigenvalue weighted by Gasteiger charge is -1.90. The molecule has 0 unspecified atom stereocenters. The molecule has 2 heterocycles. The Labute approximate surface area is 78.9 Å². The monoisotopic (exact) mass is 195 g/mol. The Morgan fingerprint density at radius 2 is 2.46 bits per heavy atom. The average molecular weight is 196 g/mol. The van der Waals surface area contributed by atoms with E-state index in [1.807, 2.05) is 0 Å². The second-order valence-electron chi connectivity index (χ2n) is 2.54. The number of halogens is 1. The molecule has 0 radical (unpaired) electrons. The zero-order valence-corrected chi connectivity index (χ0v) is 7.28. The molecule has 0 aliphatic heterocycles. The van der Waals surface area contributed by atoms with Crippen LogP contribution in [0.1, 0.15) is 5.56 Å². The number of rotatable bonds is 1. The molecule has 0 fully saturated rings. The van der Waals surface area contributed by atoms with Crippen LogP contribution in [0.2, 0.25) is 5.02 Å². The van der Waals surface area contributed by atoms with Gasteiger partial charge in [-0.2, -0.15) is 0 Å². The third-order valence-corrected chi connectivity index (χ3v) is 1.93.